The molecule has 4 aromatic carbocycles. The summed E-state index contributed by atoms with van der Waals surface area (Å²) in [6.45, 7) is -1.08. The number of fused-ring (bicyclic) bond motifs is 1. The van der Waals surface area contributed by atoms with Gasteiger partial charge in [-0.25, -0.2) is 12.6 Å². The van der Waals surface area contributed by atoms with Crippen LogP contribution >= 0.6 is 11.6 Å². The maximum Gasteiger partial charge on any atom is 0.397 e. The molecule has 1 aromatic heterocycles. The highest BCUT2D eigenvalue weighted by Crippen LogP contribution is 2.46. The lowest BCUT2D eigenvalue weighted by Crippen LogP contribution is -2.16. The largest absolute Gasteiger partial charge is 0.505 e. The molecule has 61 heavy (non-hydrogen) atoms. The van der Waals surface area contributed by atoms with Crippen LogP contribution in [-0.2, 0) is 54.8 Å². The summed E-state index contributed by atoms with van der Waals surface area (Å²) < 4.78 is 164. The number of hydrogen-bond donors (Lipinski definition) is 8. The zero-order valence-corrected chi connectivity index (χ0v) is 34.2. The number of aromatic hydroxyl groups is 1. The van der Waals surface area contributed by atoms with E-state index in [2.05, 4.69) is 50.2 Å². The third-order valence-corrected chi connectivity index (χ3v) is 12.4. The Morgan fingerprint density at radius 2 is 1.33 bits per heavy atom. The number of anilines is 4. The molecule has 9 N–H and O–H groups in total. The molecule has 0 spiro atoms. The van der Waals surface area contributed by atoms with Gasteiger partial charge in [0.15, 0.2) is 21.8 Å². The summed E-state index contributed by atoms with van der Waals surface area (Å²) in [4.78, 5) is 7.29. The van der Waals surface area contributed by atoms with Crippen LogP contribution in [0.1, 0.15) is 0 Å². The highest BCUT2D eigenvalue weighted by Gasteiger charge is 2.26. The molecule has 27 nitrogen and oxygen atoms in total. The minimum atomic E-state index is -5.40. The molecule has 33 heteroatoms. The van der Waals surface area contributed by atoms with Gasteiger partial charge in [-0.3, -0.25) is 23.5 Å². The Morgan fingerprint density at radius 1 is 0.705 bits per heavy atom. The van der Waals surface area contributed by atoms with E-state index in [9.17, 15) is 60.9 Å². The van der Waals surface area contributed by atoms with Gasteiger partial charge in [0.25, 0.3) is 30.4 Å². The molecule has 0 radical (unpaired) electrons. The summed E-state index contributed by atoms with van der Waals surface area (Å²) in [6, 6.07) is 7.68. The van der Waals surface area contributed by atoms with E-state index in [1.54, 1.807) is 6.19 Å². The summed E-state index contributed by atoms with van der Waals surface area (Å²) in [6.07, 6.45) is 1.56. The van der Waals surface area contributed by atoms with Crippen LogP contribution in [0.4, 0.5) is 46.0 Å². The average Bonchev–Trinajstić information content (AvgIpc) is 3.12. The third kappa shape index (κ3) is 11.2. The molecule has 0 amide bonds. The lowest BCUT2D eigenvalue weighted by molar-refractivity contribution is 0.284. The number of nitriles is 1. The predicted molar refractivity (Wildman–Crippen MR) is 208 cm³/mol. The number of azo groups is 2. The van der Waals surface area contributed by atoms with Crippen molar-refractivity contribution < 1.29 is 69.6 Å². The van der Waals surface area contributed by atoms with Crippen LogP contribution < -0.4 is 16.4 Å². The Balaban J connectivity index is 1.61. The number of nitrogens with two attached hydrogens (primary N) is 1. The molecule has 0 bridgehead atoms. The van der Waals surface area contributed by atoms with Gasteiger partial charge in [0.2, 0.25) is 17.2 Å². The van der Waals surface area contributed by atoms with Gasteiger partial charge >= 0.3 is 10.4 Å². The van der Waals surface area contributed by atoms with Crippen LogP contribution in [0, 0.1) is 11.5 Å². The molecule has 0 saturated carbocycles. The molecule has 0 saturated heterocycles. The number of hydrogen-bond acceptors (Lipinski definition) is 23. The highest BCUT2D eigenvalue weighted by atomic mass is 35.5. The zero-order valence-electron chi connectivity index (χ0n) is 29.4. The Kier molecular flexibility index (Phi) is 12.9. The van der Waals surface area contributed by atoms with E-state index in [0.717, 1.165) is 42.5 Å². The molecular formula is C28H22ClN11O16S5. The van der Waals surface area contributed by atoms with Gasteiger partial charge in [-0.2, -0.15) is 53.9 Å². The van der Waals surface area contributed by atoms with E-state index < -0.39 is 116 Å². The van der Waals surface area contributed by atoms with Crippen molar-refractivity contribution in [2.75, 3.05) is 28.7 Å². The summed E-state index contributed by atoms with van der Waals surface area (Å²) in [5.41, 5.74) is 2.70. The number of nitrogen functional groups attached to an aromatic ring is 1. The van der Waals surface area contributed by atoms with Gasteiger partial charge in [-0.1, -0.05) is 0 Å². The van der Waals surface area contributed by atoms with E-state index in [1.165, 1.54) is 0 Å². The fraction of sp³-hybridized carbons (Fsp3) is 0.0714. The van der Waals surface area contributed by atoms with Crippen LogP contribution in [0.15, 0.2) is 94.6 Å². The second-order valence-corrected chi connectivity index (χ2v) is 19.2. The summed E-state index contributed by atoms with van der Waals surface area (Å²) in [5.74, 6) is -2.71. The lowest BCUT2D eigenvalue weighted by Gasteiger charge is -2.12. The minimum Gasteiger partial charge on any atom is -0.505 e. The maximum absolute atomic E-state index is 12.7. The van der Waals surface area contributed by atoms with Gasteiger partial charge in [0.05, 0.1) is 22.9 Å². The summed E-state index contributed by atoms with van der Waals surface area (Å²) >= 11 is 5.84. The van der Waals surface area contributed by atoms with Crippen molar-refractivity contribution in [1.29, 1.82) is 5.26 Å². The Morgan fingerprint density at radius 3 is 1.95 bits per heavy atom. The summed E-state index contributed by atoms with van der Waals surface area (Å²) in [5, 5.41) is 38.6. The maximum atomic E-state index is 12.7. The average molecular weight is 964 g/mol. The van der Waals surface area contributed by atoms with Crippen molar-refractivity contribution in [2.24, 2.45) is 20.5 Å². The Bertz CT molecular complexity index is 3310. The van der Waals surface area contributed by atoms with Gasteiger partial charge in [-0.05, 0) is 66.2 Å². The van der Waals surface area contributed by atoms with E-state index in [4.69, 9.17) is 27.1 Å². The number of phenolic OH excluding ortho intramolecular Hbond substituents is 1. The van der Waals surface area contributed by atoms with Gasteiger partial charge in [0.1, 0.15) is 37.4 Å². The number of halogens is 1. The number of nitrogens with one attached hydrogen (secondary N) is 2. The van der Waals surface area contributed by atoms with E-state index in [-0.39, 0.29) is 33.9 Å². The quantitative estimate of drug-likeness (QED) is 0.0243. The van der Waals surface area contributed by atoms with Crippen molar-refractivity contribution >= 4 is 119 Å². The molecule has 5 rings (SSSR count). The van der Waals surface area contributed by atoms with Crippen molar-refractivity contribution in [3.05, 3.63) is 59.9 Å². The minimum absolute atomic E-state index is 0.0616. The molecule has 0 aliphatic carbocycles. The van der Waals surface area contributed by atoms with E-state index >= 15 is 0 Å². The standard InChI is InChI=1S/C28H22ClN11O16S5/c29-26-34-27(32-12-30)36-28(35-26)33-13-1-6-20(58(44,45)46)19(9-13)38-40-24-22(60(50,51)52)11-16-15(25(24)41)3-4-17(31)23(16)39-37-18-5-2-14(10-21(18)59(47,48)49)57(42,43)8-7-56-61(53,54)55/h1-6,9-11,41H,7-8,31H2,(H,44,45,46)(H,47,48,49)(H,50,51,52)(H,53,54,55)(H2,32,33,34,35,36)/b39-37+,40-38+. The monoisotopic (exact) mass is 963 g/mol. The smallest absolute Gasteiger partial charge is 0.397 e. The molecule has 322 valence electrons. The number of benzene rings is 4. The summed E-state index contributed by atoms with van der Waals surface area (Å²) in [7, 11) is -25.3. The van der Waals surface area contributed by atoms with Crippen LogP contribution in [-0.4, -0.2) is 92.7 Å². The number of rotatable bonds is 15. The van der Waals surface area contributed by atoms with Gasteiger partial charge in [-0.15, -0.1) is 20.5 Å². The predicted octanol–water partition coefficient (Wildman–Crippen LogP) is 3.77. The van der Waals surface area contributed by atoms with Crippen LogP contribution in [0.3, 0.4) is 0 Å². The Hall–Kier alpha value is -6.12. The number of phenols is 1. The van der Waals surface area contributed by atoms with Crippen LogP contribution in [0.5, 0.6) is 5.75 Å². The Labute approximate surface area is 347 Å². The lowest BCUT2D eigenvalue weighted by atomic mass is 10.1. The van der Waals surface area contributed by atoms with Crippen molar-refractivity contribution in [3.63, 3.8) is 0 Å². The topological polar surface area (TPSA) is 443 Å². The number of sulfone groups is 1. The third-order valence-electron chi connectivity index (χ3n) is 7.45. The first-order chi connectivity index (χ1) is 28.2. The number of aromatic nitrogens is 3. The fourth-order valence-electron chi connectivity index (χ4n) is 4.91. The van der Waals surface area contributed by atoms with E-state index in [1.807, 2.05) is 0 Å². The molecular weight excluding hydrogens is 942 g/mol. The van der Waals surface area contributed by atoms with Crippen LogP contribution in [0.2, 0.25) is 5.28 Å². The van der Waals surface area contributed by atoms with Gasteiger partial charge in [0, 0.05) is 16.5 Å². The fourth-order valence-corrected chi connectivity index (χ4v) is 8.56. The SMILES string of the molecule is N#CNc1nc(Cl)nc(Nc2ccc(S(=O)(=O)O)c(/N=N/c3c(S(=O)(=O)O)cc4c(/N=N/c5ccc(S(=O)(=O)CCOS(=O)(=O)O)cc5S(=O)(=O)O)c(N)ccc4c3O)c2)n1. The zero-order chi connectivity index (χ0) is 45.3. The first-order valence-electron chi connectivity index (χ1n) is 15.5. The first-order valence-corrected chi connectivity index (χ1v) is 23.2. The molecule has 0 fully saturated rings. The molecule has 1 heterocycles. The highest BCUT2D eigenvalue weighted by molar-refractivity contribution is 7.91. The van der Waals surface area contributed by atoms with Crippen molar-refractivity contribution in [1.82, 2.24) is 15.0 Å². The normalized spacial score (nSPS) is 12.9. The second kappa shape index (κ2) is 17.1. The van der Waals surface area contributed by atoms with Crippen molar-refractivity contribution in [3.8, 4) is 11.9 Å². The molecule has 0 aliphatic heterocycles. The van der Waals surface area contributed by atoms with Gasteiger partial charge < -0.3 is 16.2 Å². The number of nitrogens with zero attached hydrogens (tertiary/aromatic N) is 8. The first kappa shape index (κ1) is 46.0. The molecule has 5 aromatic rings. The van der Waals surface area contributed by atoms with Crippen molar-refractivity contribution in [2.45, 2.75) is 19.6 Å². The van der Waals surface area contributed by atoms with Crippen LogP contribution in [0.25, 0.3) is 10.8 Å². The molecule has 0 atom stereocenters. The molecule has 0 aliphatic rings. The molecule has 0 unspecified atom stereocenters. The van der Waals surface area contributed by atoms with E-state index in [0.29, 0.717) is 12.1 Å². The second-order valence-electron chi connectivity index (χ2n) is 11.5.